The van der Waals surface area contributed by atoms with Gasteiger partial charge in [0.25, 0.3) is 0 Å². The maximum absolute atomic E-state index is 9.10. The summed E-state index contributed by atoms with van der Waals surface area (Å²) in [5, 5.41) is 13.8. The van der Waals surface area contributed by atoms with Crippen molar-refractivity contribution in [3.05, 3.63) is 60.3 Å². The molecule has 0 atom stereocenters. The second kappa shape index (κ2) is 8.09. The van der Waals surface area contributed by atoms with Gasteiger partial charge < -0.3 is 10.1 Å². The molecule has 0 saturated carbocycles. The number of benzene rings is 1. The van der Waals surface area contributed by atoms with Crippen LogP contribution in [0.2, 0.25) is 0 Å². The summed E-state index contributed by atoms with van der Waals surface area (Å²) in [5.74, 6) is 1.56. The van der Waals surface area contributed by atoms with Crippen molar-refractivity contribution < 1.29 is 5.11 Å². The molecule has 0 aliphatic rings. The lowest BCUT2D eigenvalue weighted by molar-refractivity contribution is 0.287. The van der Waals surface area contributed by atoms with E-state index < -0.39 is 0 Å². The van der Waals surface area contributed by atoms with Crippen LogP contribution >= 0.6 is 0 Å². The van der Waals surface area contributed by atoms with Crippen molar-refractivity contribution in [2.75, 3.05) is 6.61 Å². The van der Waals surface area contributed by atoms with Crippen molar-refractivity contribution >= 4 is 11.2 Å². The zero-order valence-electron chi connectivity index (χ0n) is 15.0. The SMILES string of the molecule is OCCCc1nc(-c2cnc3nc[nH]c3c2)n(CCCc2ccccc2)n1. The Balaban J connectivity index is 1.57. The molecule has 0 spiro atoms. The fourth-order valence-corrected chi connectivity index (χ4v) is 3.13. The Morgan fingerprint density at radius 2 is 1.93 bits per heavy atom. The van der Waals surface area contributed by atoms with Crippen LogP contribution in [0.15, 0.2) is 48.9 Å². The molecule has 0 bridgehead atoms. The topological polar surface area (TPSA) is 92.5 Å². The van der Waals surface area contributed by atoms with Gasteiger partial charge in [-0.2, -0.15) is 5.10 Å². The van der Waals surface area contributed by atoms with Gasteiger partial charge in [0.2, 0.25) is 0 Å². The second-order valence-corrected chi connectivity index (χ2v) is 6.49. The number of nitrogens with zero attached hydrogens (tertiary/aromatic N) is 5. The number of H-pyrrole nitrogens is 1. The highest BCUT2D eigenvalue weighted by Gasteiger charge is 2.13. The fourth-order valence-electron chi connectivity index (χ4n) is 3.13. The first-order valence-electron chi connectivity index (χ1n) is 9.21. The molecule has 1 aromatic carbocycles. The van der Waals surface area contributed by atoms with Crippen LogP contribution in [0, 0.1) is 0 Å². The number of aliphatic hydroxyl groups is 1. The number of aliphatic hydroxyl groups excluding tert-OH is 1. The molecule has 0 unspecified atom stereocenters. The molecule has 7 heteroatoms. The van der Waals surface area contributed by atoms with Crippen molar-refractivity contribution in [1.29, 1.82) is 0 Å². The van der Waals surface area contributed by atoms with E-state index in [4.69, 9.17) is 10.1 Å². The van der Waals surface area contributed by atoms with E-state index in [9.17, 15) is 0 Å². The number of rotatable bonds is 8. The van der Waals surface area contributed by atoms with Crippen LogP contribution in [0.3, 0.4) is 0 Å². The number of aromatic amines is 1. The third kappa shape index (κ3) is 4.03. The van der Waals surface area contributed by atoms with Crippen LogP contribution in [-0.2, 0) is 19.4 Å². The number of hydrogen-bond acceptors (Lipinski definition) is 5. The van der Waals surface area contributed by atoms with E-state index in [2.05, 4.69) is 44.3 Å². The average Bonchev–Trinajstić information content (AvgIpc) is 3.33. The first kappa shape index (κ1) is 17.4. The lowest BCUT2D eigenvalue weighted by atomic mass is 10.1. The smallest absolute Gasteiger partial charge is 0.177 e. The summed E-state index contributed by atoms with van der Waals surface area (Å²) >= 11 is 0. The predicted octanol–water partition coefficient (Wildman–Crippen LogP) is 2.77. The number of imidazole rings is 1. The van der Waals surface area contributed by atoms with E-state index in [1.807, 2.05) is 16.8 Å². The van der Waals surface area contributed by atoms with Crippen molar-refractivity contribution in [1.82, 2.24) is 29.7 Å². The molecule has 0 aliphatic heterocycles. The summed E-state index contributed by atoms with van der Waals surface area (Å²) in [6.45, 7) is 0.914. The highest BCUT2D eigenvalue weighted by molar-refractivity contribution is 5.75. The predicted molar refractivity (Wildman–Crippen MR) is 103 cm³/mol. The Hall–Kier alpha value is -3.06. The van der Waals surface area contributed by atoms with Gasteiger partial charge in [-0.15, -0.1) is 0 Å². The maximum Gasteiger partial charge on any atom is 0.177 e. The number of pyridine rings is 1. The van der Waals surface area contributed by atoms with Crippen LogP contribution in [0.25, 0.3) is 22.6 Å². The second-order valence-electron chi connectivity index (χ2n) is 6.49. The zero-order valence-corrected chi connectivity index (χ0v) is 15.0. The average molecular weight is 362 g/mol. The van der Waals surface area contributed by atoms with E-state index >= 15 is 0 Å². The summed E-state index contributed by atoms with van der Waals surface area (Å²) < 4.78 is 1.95. The Labute approximate surface area is 157 Å². The summed E-state index contributed by atoms with van der Waals surface area (Å²) in [5.41, 5.74) is 3.80. The molecule has 3 aromatic heterocycles. The van der Waals surface area contributed by atoms with Gasteiger partial charge in [-0.05, 0) is 30.9 Å². The third-order valence-electron chi connectivity index (χ3n) is 4.48. The van der Waals surface area contributed by atoms with E-state index in [0.29, 0.717) is 18.5 Å². The van der Waals surface area contributed by atoms with Crippen LogP contribution < -0.4 is 0 Å². The van der Waals surface area contributed by atoms with Gasteiger partial charge in [-0.25, -0.2) is 19.6 Å². The zero-order chi connectivity index (χ0) is 18.5. The monoisotopic (exact) mass is 362 g/mol. The summed E-state index contributed by atoms with van der Waals surface area (Å²) in [6.07, 6.45) is 6.71. The van der Waals surface area contributed by atoms with Crippen LogP contribution in [0.1, 0.15) is 24.2 Å². The first-order chi connectivity index (χ1) is 13.3. The number of fused-ring (bicyclic) bond motifs is 1. The summed E-state index contributed by atoms with van der Waals surface area (Å²) in [6, 6.07) is 12.5. The van der Waals surface area contributed by atoms with E-state index in [1.54, 1.807) is 12.5 Å². The molecular weight excluding hydrogens is 340 g/mol. The summed E-state index contributed by atoms with van der Waals surface area (Å²) in [4.78, 5) is 16.4. The molecule has 0 aliphatic carbocycles. The molecule has 138 valence electrons. The number of aryl methyl sites for hydroxylation is 3. The van der Waals surface area contributed by atoms with Crippen molar-refractivity contribution in [2.45, 2.75) is 32.2 Å². The maximum atomic E-state index is 9.10. The minimum atomic E-state index is 0.138. The van der Waals surface area contributed by atoms with Crippen molar-refractivity contribution in [3.8, 4) is 11.4 Å². The van der Waals surface area contributed by atoms with E-state index in [1.165, 1.54) is 5.56 Å². The summed E-state index contributed by atoms with van der Waals surface area (Å²) in [7, 11) is 0. The highest BCUT2D eigenvalue weighted by atomic mass is 16.2. The lowest BCUT2D eigenvalue weighted by Gasteiger charge is -2.06. The van der Waals surface area contributed by atoms with Gasteiger partial charge in [-0.3, -0.25) is 0 Å². The third-order valence-corrected chi connectivity index (χ3v) is 4.48. The van der Waals surface area contributed by atoms with Gasteiger partial charge in [0.1, 0.15) is 0 Å². The molecule has 0 amide bonds. The number of hydrogen-bond donors (Lipinski definition) is 2. The quantitative estimate of drug-likeness (QED) is 0.503. The van der Waals surface area contributed by atoms with E-state index in [0.717, 1.165) is 42.1 Å². The molecule has 7 nitrogen and oxygen atoms in total. The molecule has 0 radical (unpaired) electrons. The van der Waals surface area contributed by atoms with Crippen LogP contribution in [0.4, 0.5) is 0 Å². The molecule has 0 saturated heterocycles. The molecule has 27 heavy (non-hydrogen) atoms. The lowest BCUT2D eigenvalue weighted by Crippen LogP contribution is -2.05. The Morgan fingerprint density at radius 3 is 2.78 bits per heavy atom. The van der Waals surface area contributed by atoms with E-state index in [-0.39, 0.29) is 6.61 Å². The molecule has 4 rings (SSSR count). The molecule has 0 fully saturated rings. The molecule has 2 N–H and O–H groups in total. The number of nitrogens with one attached hydrogen (secondary N) is 1. The fraction of sp³-hybridized carbons (Fsp3) is 0.300. The van der Waals surface area contributed by atoms with Gasteiger partial charge in [0.05, 0.1) is 11.8 Å². The van der Waals surface area contributed by atoms with Gasteiger partial charge in [-0.1, -0.05) is 30.3 Å². The Morgan fingerprint density at radius 1 is 1.04 bits per heavy atom. The first-order valence-corrected chi connectivity index (χ1v) is 9.21. The largest absolute Gasteiger partial charge is 0.396 e. The number of aromatic nitrogens is 6. The van der Waals surface area contributed by atoms with Gasteiger partial charge in [0.15, 0.2) is 17.3 Å². The van der Waals surface area contributed by atoms with Crippen LogP contribution in [-0.4, -0.2) is 41.4 Å². The Bertz CT molecular complexity index is 1010. The molecular formula is C20H22N6O. The molecule has 4 aromatic rings. The standard InChI is InChI=1S/C20H22N6O/c27-11-5-9-18-24-20(16-12-17-19(21-13-16)23-14-22-17)26(25-18)10-4-8-15-6-2-1-3-7-15/h1-3,6-7,12-14,27H,4-5,8-11H2,(H,21,22,23). The van der Waals surface area contributed by atoms with Crippen molar-refractivity contribution in [2.24, 2.45) is 0 Å². The minimum absolute atomic E-state index is 0.138. The normalized spacial score (nSPS) is 11.3. The molecule has 3 heterocycles. The minimum Gasteiger partial charge on any atom is -0.396 e. The van der Waals surface area contributed by atoms with Gasteiger partial charge >= 0.3 is 0 Å². The highest BCUT2D eigenvalue weighted by Crippen LogP contribution is 2.21. The van der Waals surface area contributed by atoms with Gasteiger partial charge in [0, 0.05) is 31.3 Å². The van der Waals surface area contributed by atoms with Crippen LogP contribution in [0.5, 0.6) is 0 Å². The Kier molecular flexibility index (Phi) is 5.20. The van der Waals surface area contributed by atoms with Crippen molar-refractivity contribution in [3.63, 3.8) is 0 Å².